The number of nitrogens with zero attached hydrogens (tertiary/aromatic N) is 4. The van der Waals surface area contributed by atoms with Crippen LogP contribution in [-0.4, -0.2) is 101 Å². The maximum atomic E-state index is 14.0. The van der Waals surface area contributed by atoms with Crippen LogP contribution in [0.25, 0.3) is 0 Å². The van der Waals surface area contributed by atoms with Crippen molar-refractivity contribution in [3.05, 3.63) is 129 Å². The monoisotopic (exact) mass is 1090 g/mol. The summed E-state index contributed by atoms with van der Waals surface area (Å²) in [7, 11) is 0. The van der Waals surface area contributed by atoms with Crippen LogP contribution in [0.15, 0.2) is 72.8 Å². The van der Waals surface area contributed by atoms with Gasteiger partial charge in [0, 0.05) is 81.8 Å². The minimum atomic E-state index is -0.800. The number of carbonyl (C=O) groups excluding carboxylic acids is 1. The normalized spacial score (nSPS) is 23.8. The van der Waals surface area contributed by atoms with Crippen LogP contribution < -0.4 is 0 Å². The van der Waals surface area contributed by atoms with Gasteiger partial charge in [0.15, 0.2) is 5.78 Å². The second-order valence-corrected chi connectivity index (χ2v) is 27.3. The van der Waals surface area contributed by atoms with Crippen molar-refractivity contribution in [2.24, 2.45) is 16.2 Å². The zero-order valence-electron chi connectivity index (χ0n) is 50.1. The molecular weight excluding hydrogens is 997 g/mol. The lowest BCUT2D eigenvalue weighted by molar-refractivity contribution is -0.143. The molecule has 6 atom stereocenters. The van der Waals surface area contributed by atoms with Crippen molar-refractivity contribution in [2.75, 3.05) is 52.6 Å². The van der Waals surface area contributed by atoms with Gasteiger partial charge in [0.25, 0.3) is 0 Å². The Balaban J connectivity index is 0.000000195. The number of ketones is 1. The molecule has 0 bridgehead atoms. The summed E-state index contributed by atoms with van der Waals surface area (Å²) in [5.41, 5.74) is 12.5. The SMILES string of the molecule is CC(C)(C)CC(=O)C(c1ccccc1C1CC(C)(C)CCO1)N1CC[C@@H](OCCCCc2ccc3c(n2)CCCC3)C1.CC1(C)CCOC(c2ccccc2C(C(=O)O)N2CC[C@@H](OCCCCc3ccc4c(n3)CCCC4)C2)C1. The van der Waals surface area contributed by atoms with E-state index in [1.54, 1.807) is 0 Å². The number of pyridine rings is 2. The summed E-state index contributed by atoms with van der Waals surface area (Å²) in [5.74, 6) is -0.492. The van der Waals surface area contributed by atoms with Gasteiger partial charge in [0.1, 0.15) is 6.04 Å². The van der Waals surface area contributed by atoms with E-state index in [1.165, 1.54) is 78.0 Å². The molecular formula is C69H98N4O7. The first-order valence-corrected chi connectivity index (χ1v) is 31.3. The van der Waals surface area contributed by atoms with Crippen LogP contribution in [0.5, 0.6) is 0 Å². The van der Waals surface area contributed by atoms with E-state index < -0.39 is 12.0 Å². The molecule has 4 aliphatic heterocycles. The highest BCUT2D eigenvalue weighted by molar-refractivity contribution is 5.86. The topological polar surface area (TPSA) is 124 Å². The Hall–Kier alpha value is -4.36. The number of aryl methyl sites for hydroxylation is 6. The standard InChI is InChI=1S/C37H54N2O3.C32H44N2O4/c1-36(2,3)24-33(40)35(31-15-8-7-14-30(31)34-25-37(4,5)20-23-42-34)39-21-19-29(26-39)41-22-11-10-13-28-18-17-27-12-6-9-16-32(27)38-28;1-32(2)17-20-38-29(21-32)26-11-4-5-12-27(26)30(31(35)36)34-18-16-25(22-34)37-19-8-7-10-24-15-14-23-9-3-6-13-28(23)33-24/h7-8,14-15,17-18,29,34-35H,6,9-13,16,19-26H2,1-5H3;4-5,11-12,14-15,25,29-30H,3,6-10,13,16-22H2,1-2H3,(H,35,36)/t29-,34?,35?;25-,29?,30?/m11/s1. The molecule has 0 amide bonds. The van der Waals surface area contributed by atoms with Gasteiger partial charge < -0.3 is 24.1 Å². The number of likely N-dealkylation sites (tertiary alicyclic amines) is 2. The molecule has 80 heavy (non-hydrogen) atoms. The fourth-order valence-corrected chi connectivity index (χ4v) is 13.6. The van der Waals surface area contributed by atoms with Crippen molar-refractivity contribution < 1.29 is 33.6 Å². The number of benzene rings is 2. The van der Waals surface area contributed by atoms with E-state index >= 15 is 0 Å². The molecule has 11 heteroatoms. The molecule has 2 aromatic carbocycles. The van der Waals surface area contributed by atoms with Gasteiger partial charge in [-0.05, 0) is 190 Å². The molecule has 11 nitrogen and oxygen atoms in total. The van der Waals surface area contributed by atoms with Gasteiger partial charge in [-0.15, -0.1) is 0 Å². The molecule has 436 valence electrons. The van der Waals surface area contributed by atoms with Gasteiger partial charge in [-0.25, -0.2) is 0 Å². The van der Waals surface area contributed by atoms with Gasteiger partial charge in [-0.1, -0.05) is 109 Å². The predicted octanol–water partition coefficient (Wildman–Crippen LogP) is 14.1. The van der Waals surface area contributed by atoms with Crippen molar-refractivity contribution in [3.63, 3.8) is 0 Å². The number of unbranched alkanes of at least 4 members (excludes halogenated alkanes) is 2. The van der Waals surface area contributed by atoms with Crippen molar-refractivity contribution in [1.82, 2.24) is 19.8 Å². The molecule has 4 saturated heterocycles. The van der Waals surface area contributed by atoms with Crippen LogP contribution >= 0.6 is 0 Å². The summed E-state index contributed by atoms with van der Waals surface area (Å²) < 4.78 is 25.1. The van der Waals surface area contributed by atoms with E-state index in [0.29, 0.717) is 32.0 Å². The number of carboxylic acids is 1. The molecule has 4 unspecified atom stereocenters. The molecule has 4 fully saturated rings. The molecule has 10 rings (SSSR count). The van der Waals surface area contributed by atoms with Crippen LogP contribution in [0.2, 0.25) is 0 Å². The van der Waals surface area contributed by atoms with Gasteiger partial charge in [-0.3, -0.25) is 29.4 Å². The first-order valence-electron chi connectivity index (χ1n) is 31.3. The molecule has 0 radical (unpaired) electrons. The van der Waals surface area contributed by atoms with E-state index in [1.807, 2.05) is 18.2 Å². The van der Waals surface area contributed by atoms with E-state index in [4.69, 9.17) is 28.9 Å². The number of aliphatic carboxylic acids is 1. The average Bonchev–Trinajstić information content (AvgIpc) is 4.10. The van der Waals surface area contributed by atoms with Crippen LogP contribution in [-0.2, 0) is 67.1 Å². The number of Topliss-reactive ketones (excluding diaryl/α,β-unsaturated/α-hetero) is 1. The molecule has 2 aliphatic carbocycles. The Morgan fingerprint density at radius 2 is 1.07 bits per heavy atom. The highest BCUT2D eigenvalue weighted by Gasteiger charge is 2.40. The summed E-state index contributed by atoms with van der Waals surface area (Å²) in [4.78, 5) is 40.9. The Labute approximate surface area is 480 Å². The number of ether oxygens (including phenoxy) is 4. The Morgan fingerprint density at radius 1 is 0.625 bits per heavy atom. The fraction of sp³-hybridized carbons (Fsp3) is 0.652. The smallest absolute Gasteiger partial charge is 0.325 e. The summed E-state index contributed by atoms with van der Waals surface area (Å²) in [6.45, 7) is 21.7. The van der Waals surface area contributed by atoms with Crippen molar-refractivity contribution >= 4 is 11.8 Å². The Kier molecular flexibility index (Phi) is 20.9. The van der Waals surface area contributed by atoms with Crippen LogP contribution in [0.4, 0.5) is 0 Å². The predicted molar refractivity (Wildman–Crippen MR) is 318 cm³/mol. The molecule has 0 spiro atoms. The average molecular weight is 1100 g/mol. The minimum Gasteiger partial charge on any atom is -0.480 e. The Morgan fingerprint density at radius 3 is 1.54 bits per heavy atom. The van der Waals surface area contributed by atoms with Gasteiger partial charge in [-0.2, -0.15) is 0 Å². The van der Waals surface area contributed by atoms with Gasteiger partial charge >= 0.3 is 5.97 Å². The third-order valence-electron chi connectivity index (χ3n) is 18.1. The number of carbonyl (C=O) groups is 2. The van der Waals surface area contributed by atoms with Crippen molar-refractivity contribution in [3.8, 4) is 0 Å². The zero-order chi connectivity index (χ0) is 56.3. The number of carboxylic acid groups (broad SMARTS) is 1. The number of hydrogen-bond acceptors (Lipinski definition) is 10. The highest BCUT2D eigenvalue weighted by Crippen LogP contribution is 2.45. The third kappa shape index (κ3) is 16.7. The number of hydrogen-bond donors (Lipinski definition) is 1. The quantitative estimate of drug-likeness (QED) is 0.0802. The molecule has 6 heterocycles. The lowest BCUT2D eigenvalue weighted by atomic mass is 9.78. The lowest BCUT2D eigenvalue weighted by Gasteiger charge is -2.38. The fourth-order valence-electron chi connectivity index (χ4n) is 13.6. The zero-order valence-corrected chi connectivity index (χ0v) is 50.1. The van der Waals surface area contributed by atoms with Crippen molar-refractivity contribution in [2.45, 2.75) is 220 Å². The molecule has 0 saturated carbocycles. The first kappa shape index (κ1) is 60.2. The summed E-state index contributed by atoms with van der Waals surface area (Å²) in [5, 5.41) is 10.3. The number of rotatable bonds is 21. The number of aromatic nitrogens is 2. The van der Waals surface area contributed by atoms with E-state index in [2.05, 4.69) is 113 Å². The van der Waals surface area contributed by atoms with Gasteiger partial charge in [0.2, 0.25) is 0 Å². The second-order valence-electron chi connectivity index (χ2n) is 27.3. The minimum absolute atomic E-state index is 0.0362. The highest BCUT2D eigenvalue weighted by atomic mass is 16.5. The summed E-state index contributed by atoms with van der Waals surface area (Å²) >= 11 is 0. The van der Waals surface area contributed by atoms with Crippen LogP contribution in [0.3, 0.4) is 0 Å². The largest absolute Gasteiger partial charge is 0.480 e. The summed E-state index contributed by atoms with van der Waals surface area (Å²) in [6, 6.07) is 24.6. The van der Waals surface area contributed by atoms with E-state index in [-0.39, 0.29) is 46.7 Å². The van der Waals surface area contributed by atoms with E-state index in [9.17, 15) is 14.7 Å². The van der Waals surface area contributed by atoms with Crippen LogP contribution in [0.1, 0.15) is 225 Å². The first-order chi connectivity index (χ1) is 38.5. The Bertz CT molecular complexity index is 2660. The molecule has 1 N–H and O–H groups in total. The van der Waals surface area contributed by atoms with Gasteiger partial charge in [0.05, 0.1) is 30.5 Å². The van der Waals surface area contributed by atoms with E-state index in [0.717, 1.165) is 139 Å². The lowest BCUT2D eigenvalue weighted by Crippen LogP contribution is -2.36. The maximum absolute atomic E-state index is 14.0. The molecule has 6 aliphatic rings. The maximum Gasteiger partial charge on any atom is 0.325 e. The molecule has 2 aromatic heterocycles. The number of fused-ring (bicyclic) bond motifs is 2. The third-order valence-corrected chi connectivity index (χ3v) is 18.1. The van der Waals surface area contributed by atoms with Crippen molar-refractivity contribution in [1.29, 1.82) is 0 Å². The summed E-state index contributed by atoms with van der Waals surface area (Å²) in [6.07, 6.45) is 22.6. The second kappa shape index (κ2) is 27.8. The van der Waals surface area contributed by atoms with Crippen LogP contribution in [0, 0.1) is 16.2 Å². The molecule has 4 aromatic rings.